The van der Waals surface area contributed by atoms with Crippen LogP contribution in [-0.4, -0.2) is 37.0 Å². The van der Waals surface area contributed by atoms with Gasteiger partial charge in [0.25, 0.3) is 5.91 Å². The molecule has 0 saturated carbocycles. The third kappa shape index (κ3) is 5.27. The van der Waals surface area contributed by atoms with Gasteiger partial charge in [0.1, 0.15) is 17.2 Å². The van der Waals surface area contributed by atoms with Crippen molar-refractivity contribution >= 4 is 5.91 Å². The van der Waals surface area contributed by atoms with Crippen molar-refractivity contribution in [1.82, 2.24) is 10.2 Å². The summed E-state index contributed by atoms with van der Waals surface area (Å²) < 4.78 is 27.0. The van der Waals surface area contributed by atoms with Crippen LogP contribution in [0.15, 0.2) is 18.2 Å². The van der Waals surface area contributed by atoms with E-state index in [-0.39, 0.29) is 0 Å². The van der Waals surface area contributed by atoms with E-state index in [4.69, 9.17) is 0 Å². The number of piperidine rings is 1. The van der Waals surface area contributed by atoms with Crippen molar-refractivity contribution in [3.05, 3.63) is 35.4 Å². The van der Waals surface area contributed by atoms with Crippen LogP contribution in [0.25, 0.3) is 0 Å². The Morgan fingerprint density at radius 3 is 2.39 bits per heavy atom. The van der Waals surface area contributed by atoms with Crippen molar-refractivity contribution in [2.24, 2.45) is 11.8 Å². The second kappa shape index (κ2) is 8.39. The molecule has 5 heteroatoms. The second-order valence-corrected chi connectivity index (χ2v) is 6.77. The van der Waals surface area contributed by atoms with Gasteiger partial charge in [-0.15, -0.1) is 0 Å². The van der Waals surface area contributed by atoms with Gasteiger partial charge in [-0.05, 0) is 49.8 Å². The first kappa shape index (κ1) is 17.9. The van der Waals surface area contributed by atoms with Gasteiger partial charge in [-0.2, -0.15) is 0 Å². The highest BCUT2D eigenvalue weighted by molar-refractivity contribution is 5.94. The molecule has 1 saturated heterocycles. The molecule has 128 valence electrons. The lowest BCUT2D eigenvalue weighted by molar-refractivity contribution is 0.0943. The number of nitrogens with zero attached hydrogens (tertiary/aromatic N) is 1. The van der Waals surface area contributed by atoms with Gasteiger partial charge in [-0.1, -0.05) is 19.9 Å². The molecule has 3 nitrogen and oxygen atoms in total. The Hall–Kier alpha value is -1.49. The molecule has 2 unspecified atom stereocenters. The number of rotatable bonds is 6. The Morgan fingerprint density at radius 2 is 1.78 bits per heavy atom. The summed E-state index contributed by atoms with van der Waals surface area (Å²) in [6, 6.07) is 3.44. The first-order valence-corrected chi connectivity index (χ1v) is 8.42. The van der Waals surface area contributed by atoms with Crippen molar-refractivity contribution in [3.63, 3.8) is 0 Å². The lowest BCUT2D eigenvalue weighted by atomic mass is 9.92. The van der Waals surface area contributed by atoms with Crippen LogP contribution in [0.3, 0.4) is 0 Å². The molecular formula is C18H26F2N2O. The van der Waals surface area contributed by atoms with Crippen molar-refractivity contribution in [2.45, 2.75) is 33.1 Å². The Morgan fingerprint density at radius 1 is 1.17 bits per heavy atom. The molecule has 0 aliphatic carbocycles. The minimum atomic E-state index is -0.821. The summed E-state index contributed by atoms with van der Waals surface area (Å²) in [4.78, 5) is 14.3. The monoisotopic (exact) mass is 324 g/mol. The molecule has 0 bridgehead atoms. The maximum absolute atomic E-state index is 13.5. The van der Waals surface area contributed by atoms with Crippen LogP contribution < -0.4 is 5.32 Å². The van der Waals surface area contributed by atoms with Crippen LogP contribution in [-0.2, 0) is 0 Å². The predicted molar refractivity (Wildman–Crippen MR) is 87.3 cm³/mol. The minimum absolute atomic E-state index is 0.436. The van der Waals surface area contributed by atoms with E-state index in [9.17, 15) is 13.6 Å². The van der Waals surface area contributed by atoms with Crippen LogP contribution in [0.5, 0.6) is 0 Å². The zero-order valence-electron chi connectivity index (χ0n) is 13.9. The van der Waals surface area contributed by atoms with Gasteiger partial charge in [0.2, 0.25) is 0 Å². The average Bonchev–Trinajstić information content (AvgIpc) is 2.45. The van der Waals surface area contributed by atoms with E-state index >= 15 is 0 Å². The maximum Gasteiger partial charge on any atom is 0.257 e. The maximum atomic E-state index is 13.5. The first-order valence-electron chi connectivity index (χ1n) is 8.42. The molecule has 0 aromatic heterocycles. The molecule has 1 N–H and O–H groups in total. The van der Waals surface area contributed by atoms with Gasteiger partial charge in [0.05, 0.1) is 0 Å². The smallest absolute Gasteiger partial charge is 0.257 e. The normalized spacial score (nSPS) is 22.1. The van der Waals surface area contributed by atoms with Crippen LogP contribution in [0.1, 0.15) is 43.5 Å². The summed E-state index contributed by atoms with van der Waals surface area (Å²) >= 11 is 0. The van der Waals surface area contributed by atoms with Gasteiger partial charge in [-0.3, -0.25) is 4.79 Å². The van der Waals surface area contributed by atoms with Crippen LogP contribution in [0.4, 0.5) is 8.78 Å². The van der Waals surface area contributed by atoms with Crippen molar-refractivity contribution < 1.29 is 13.6 Å². The van der Waals surface area contributed by atoms with E-state index in [1.165, 1.54) is 12.5 Å². The number of hydrogen-bond acceptors (Lipinski definition) is 2. The zero-order valence-corrected chi connectivity index (χ0v) is 13.9. The Kier molecular flexibility index (Phi) is 6.51. The second-order valence-electron chi connectivity index (χ2n) is 6.77. The number of benzene rings is 1. The summed E-state index contributed by atoms with van der Waals surface area (Å²) in [7, 11) is 0. The largest absolute Gasteiger partial charge is 0.352 e. The average molecular weight is 324 g/mol. The standard InChI is InChI=1S/C18H26F2N2O/c1-13-10-14(2)12-22(11-13)9-4-3-8-21-18(23)17-15(19)6-5-7-16(17)20/h5-7,13-14H,3-4,8-12H2,1-2H3,(H,21,23). The number of amides is 1. The fourth-order valence-electron chi connectivity index (χ4n) is 3.44. The molecule has 0 radical (unpaired) electrons. The molecule has 1 aromatic carbocycles. The third-order valence-electron chi connectivity index (χ3n) is 4.32. The van der Waals surface area contributed by atoms with Gasteiger partial charge < -0.3 is 10.2 Å². The summed E-state index contributed by atoms with van der Waals surface area (Å²) in [5, 5.41) is 2.60. The lowest BCUT2D eigenvalue weighted by Gasteiger charge is -2.34. The summed E-state index contributed by atoms with van der Waals surface area (Å²) in [5.41, 5.74) is -0.494. The van der Waals surface area contributed by atoms with E-state index < -0.39 is 23.1 Å². The number of nitrogens with one attached hydrogen (secondary N) is 1. The molecule has 1 heterocycles. The van der Waals surface area contributed by atoms with Gasteiger partial charge in [-0.25, -0.2) is 8.78 Å². The predicted octanol–water partition coefficient (Wildman–Crippen LogP) is 3.45. The summed E-state index contributed by atoms with van der Waals surface area (Å²) in [6.07, 6.45) is 3.07. The fraction of sp³-hybridized carbons (Fsp3) is 0.611. The molecule has 1 aromatic rings. The highest BCUT2D eigenvalue weighted by atomic mass is 19.1. The Labute approximate surface area is 137 Å². The third-order valence-corrected chi connectivity index (χ3v) is 4.32. The number of likely N-dealkylation sites (tertiary alicyclic amines) is 1. The summed E-state index contributed by atoms with van der Waals surface area (Å²) in [5.74, 6) is -0.844. The van der Waals surface area contributed by atoms with Crippen LogP contribution >= 0.6 is 0 Å². The number of carbonyl (C=O) groups is 1. The fourth-order valence-corrected chi connectivity index (χ4v) is 3.44. The van der Waals surface area contributed by atoms with Gasteiger partial charge >= 0.3 is 0 Å². The number of unbranched alkanes of at least 4 members (excludes halogenated alkanes) is 1. The zero-order chi connectivity index (χ0) is 16.8. The van der Waals surface area contributed by atoms with E-state index in [0.717, 1.165) is 56.4 Å². The van der Waals surface area contributed by atoms with Gasteiger partial charge in [0.15, 0.2) is 0 Å². The molecule has 1 aliphatic heterocycles. The Bertz CT molecular complexity index is 506. The van der Waals surface area contributed by atoms with E-state index in [1.807, 2.05) is 0 Å². The highest BCUT2D eigenvalue weighted by Gasteiger charge is 2.21. The highest BCUT2D eigenvalue weighted by Crippen LogP contribution is 2.21. The molecule has 23 heavy (non-hydrogen) atoms. The van der Waals surface area contributed by atoms with Crippen molar-refractivity contribution in [1.29, 1.82) is 0 Å². The topological polar surface area (TPSA) is 32.3 Å². The SMILES string of the molecule is CC1CC(C)CN(CCCCNC(=O)c2c(F)cccc2F)C1. The molecule has 2 rings (SSSR count). The van der Waals surface area contributed by atoms with E-state index in [1.54, 1.807) is 0 Å². The van der Waals surface area contributed by atoms with Crippen LogP contribution in [0.2, 0.25) is 0 Å². The minimum Gasteiger partial charge on any atom is -0.352 e. The quantitative estimate of drug-likeness (QED) is 0.813. The number of halogens is 2. The first-order chi connectivity index (χ1) is 11.0. The molecule has 0 spiro atoms. The molecule has 2 atom stereocenters. The summed E-state index contributed by atoms with van der Waals surface area (Å²) in [6.45, 7) is 8.29. The van der Waals surface area contributed by atoms with E-state index in [0.29, 0.717) is 6.54 Å². The number of carbonyl (C=O) groups excluding carboxylic acids is 1. The van der Waals surface area contributed by atoms with Crippen molar-refractivity contribution in [3.8, 4) is 0 Å². The molecule has 1 fully saturated rings. The molecule has 1 aliphatic rings. The van der Waals surface area contributed by atoms with E-state index in [2.05, 4.69) is 24.1 Å². The van der Waals surface area contributed by atoms with Crippen molar-refractivity contribution in [2.75, 3.05) is 26.2 Å². The molecular weight excluding hydrogens is 298 g/mol. The van der Waals surface area contributed by atoms with Crippen LogP contribution in [0, 0.1) is 23.5 Å². The number of hydrogen-bond donors (Lipinski definition) is 1. The molecule has 1 amide bonds. The van der Waals surface area contributed by atoms with Gasteiger partial charge in [0, 0.05) is 19.6 Å². The lowest BCUT2D eigenvalue weighted by Crippen LogP contribution is -2.39. The Balaban J connectivity index is 1.68.